The van der Waals surface area contributed by atoms with Gasteiger partial charge in [-0.2, -0.15) is 0 Å². The molecule has 1 atom stereocenters. The maximum Gasteiger partial charge on any atom is 0.0558 e. The normalized spacial score (nSPS) is 19.4. The Morgan fingerprint density at radius 1 is 1.54 bits per heavy atom. The van der Waals surface area contributed by atoms with Crippen molar-refractivity contribution in [3.8, 4) is 0 Å². The Morgan fingerprint density at radius 2 is 2.23 bits per heavy atom. The van der Waals surface area contributed by atoms with Crippen molar-refractivity contribution < 1.29 is 5.11 Å². The summed E-state index contributed by atoms with van der Waals surface area (Å²) < 4.78 is 0. The van der Waals surface area contributed by atoms with Gasteiger partial charge >= 0.3 is 0 Å². The summed E-state index contributed by atoms with van der Waals surface area (Å²) in [5.41, 5.74) is 0. The lowest BCUT2D eigenvalue weighted by molar-refractivity contribution is 0.204. The molecule has 1 fully saturated rings. The van der Waals surface area contributed by atoms with Crippen molar-refractivity contribution in [3.63, 3.8) is 0 Å². The molecule has 1 rings (SSSR count). The minimum atomic E-state index is 0.263. The van der Waals surface area contributed by atoms with Gasteiger partial charge in [0.15, 0.2) is 0 Å². The van der Waals surface area contributed by atoms with Gasteiger partial charge in [0.25, 0.3) is 0 Å². The highest BCUT2D eigenvalue weighted by Gasteiger charge is 2.20. The summed E-state index contributed by atoms with van der Waals surface area (Å²) in [6.45, 7) is 5.48. The molecule has 0 spiro atoms. The minimum Gasteiger partial charge on any atom is -0.395 e. The van der Waals surface area contributed by atoms with Crippen molar-refractivity contribution in [1.82, 2.24) is 10.2 Å². The number of rotatable bonds is 7. The molecule has 1 aliphatic carbocycles. The number of nitrogens with one attached hydrogen (secondary N) is 1. The molecule has 3 nitrogen and oxygen atoms in total. The van der Waals surface area contributed by atoms with Crippen LogP contribution in [0.2, 0.25) is 0 Å². The number of likely N-dealkylation sites (N-methyl/N-ethyl adjacent to an activating group) is 1. The van der Waals surface area contributed by atoms with Gasteiger partial charge in [0.1, 0.15) is 0 Å². The van der Waals surface area contributed by atoms with Crippen molar-refractivity contribution in [2.45, 2.75) is 25.8 Å². The Kier molecular flexibility index (Phi) is 4.70. The maximum atomic E-state index is 8.72. The SMILES string of the molecule is CC(CNC1CC1)CN(C)CCO. The second-order valence-electron chi connectivity index (χ2n) is 4.27. The van der Waals surface area contributed by atoms with Crippen LogP contribution in [0.5, 0.6) is 0 Å². The third-order valence-corrected chi connectivity index (χ3v) is 2.44. The second-order valence-corrected chi connectivity index (χ2v) is 4.27. The maximum absolute atomic E-state index is 8.72. The monoisotopic (exact) mass is 186 g/mol. The van der Waals surface area contributed by atoms with Crippen LogP contribution < -0.4 is 5.32 Å². The molecule has 13 heavy (non-hydrogen) atoms. The van der Waals surface area contributed by atoms with Crippen LogP contribution >= 0.6 is 0 Å². The molecular weight excluding hydrogens is 164 g/mol. The predicted octanol–water partition coefficient (Wildman–Crippen LogP) is 0.299. The van der Waals surface area contributed by atoms with E-state index in [9.17, 15) is 0 Å². The summed E-state index contributed by atoms with van der Waals surface area (Å²) >= 11 is 0. The van der Waals surface area contributed by atoms with Crippen LogP contribution in [0.1, 0.15) is 19.8 Å². The fraction of sp³-hybridized carbons (Fsp3) is 1.00. The van der Waals surface area contributed by atoms with Crippen LogP contribution in [-0.2, 0) is 0 Å². The summed E-state index contributed by atoms with van der Waals surface area (Å²) in [5.74, 6) is 0.678. The van der Waals surface area contributed by atoms with Crippen LogP contribution in [0.25, 0.3) is 0 Å². The van der Waals surface area contributed by atoms with E-state index in [4.69, 9.17) is 5.11 Å². The third kappa shape index (κ3) is 5.24. The number of aliphatic hydroxyl groups is 1. The molecule has 0 radical (unpaired) electrons. The van der Waals surface area contributed by atoms with E-state index in [1.807, 2.05) is 0 Å². The number of hydrogen-bond donors (Lipinski definition) is 2. The van der Waals surface area contributed by atoms with E-state index in [1.165, 1.54) is 12.8 Å². The lowest BCUT2D eigenvalue weighted by Gasteiger charge is -2.20. The lowest BCUT2D eigenvalue weighted by Crippen LogP contribution is -2.33. The molecule has 0 heterocycles. The van der Waals surface area contributed by atoms with Crippen molar-refractivity contribution in [2.24, 2.45) is 5.92 Å². The quantitative estimate of drug-likeness (QED) is 0.600. The molecule has 0 aromatic carbocycles. The van der Waals surface area contributed by atoms with E-state index in [0.717, 1.165) is 25.7 Å². The third-order valence-electron chi connectivity index (χ3n) is 2.44. The number of hydrogen-bond acceptors (Lipinski definition) is 3. The Morgan fingerprint density at radius 3 is 2.77 bits per heavy atom. The first-order valence-electron chi connectivity index (χ1n) is 5.25. The van der Waals surface area contributed by atoms with Gasteiger partial charge in [-0.15, -0.1) is 0 Å². The van der Waals surface area contributed by atoms with Gasteiger partial charge in [0, 0.05) is 19.1 Å². The molecule has 78 valence electrons. The topological polar surface area (TPSA) is 35.5 Å². The van der Waals surface area contributed by atoms with Gasteiger partial charge in [0.05, 0.1) is 6.61 Å². The zero-order valence-corrected chi connectivity index (χ0v) is 8.79. The predicted molar refractivity (Wildman–Crippen MR) is 54.8 cm³/mol. The van der Waals surface area contributed by atoms with Crippen molar-refractivity contribution in [3.05, 3.63) is 0 Å². The highest BCUT2D eigenvalue weighted by atomic mass is 16.3. The van der Waals surface area contributed by atoms with E-state index in [0.29, 0.717) is 5.92 Å². The first kappa shape index (κ1) is 11.0. The molecular formula is C10H22N2O. The average Bonchev–Trinajstić information content (AvgIpc) is 2.84. The van der Waals surface area contributed by atoms with Crippen LogP contribution in [0.4, 0.5) is 0 Å². The van der Waals surface area contributed by atoms with Gasteiger partial charge in [0.2, 0.25) is 0 Å². The summed E-state index contributed by atoms with van der Waals surface area (Å²) in [6, 6.07) is 0.811. The average molecular weight is 186 g/mol. The summed E-state index contributed by atoms with van der Waals surface area (Å²) in [4.78, 5) is 2.18. The lowest BCUT2D eigenvalue weighted by atomic mass is 10.1. The van der Waals surface area contributed by atoms with E-state index in [1.54, 1.807) is 0 Å². The van der Waals surface area contributed by atoms with Gasteiger partial charge in [-0.05, 0) is 32.4 Å². The van der Waals surface area contributed by atoms with Gasteiger partial charge in [-0.25, -0.2) is 0 Å². The number of nitrogens with zero attached hydrogens (tertiary/aromatic N) is 1. The summed E-state index contributed by atoms with van der Waals surface area (Å²) in [5, 5.41) is 12.2. The molecule has 0 aromatic rings. The molecule has 1 saturated carbocycles. The minimum absolute atomic E-state index is 0.263. The largest absolute Gasteiger partial charge is 0.395 e. The molecule has 0 aliphatic heterocycles. The standard InChI is InChI=1S/C10H22N2O/c1-9(7-11-10-3-4-10)8-12(2)5-6-13/h9-11,13H,3-8H2,1-2H3. The summed E-state index contributed by atoms with van der Waals surface area (Å²) in [7, 11) is 2.06. The van der Waals surface area contributed by atoms with Crippen LogP contribution in [0, 0.1) is 5.92 Å². The number of aliphatic hydroxyl groups excluding tert-OH is 1. The van der Waals surface area contributed by atoms with Gasteiger partial charge in [-0.1, -0.05) is 6.92 Å². The molecule has 2 N–H and O–H groups in total. The summed E-state index contributed by atoms with van der Waals surface area (Å²) in [6.07, 6.45) is 2.72. The van der Waals surface area contributed by atoms with Crippen LogP contribution in [0.3, 0.4) is 0 Å². The molecule has 0 amide bonds. The Balaban J connectivity index is 1.97. The molecule has 3 heteroatoms. The Labute approximate surface area is 81.1 Å². The first-order chi connectivity index (χ1) is 6.22. The van der Waals surface area contributed by atoms with Crippen molar-refractivity contribution >= 4 is 0 Å². The molecule has 0 bridgehead atoms. The van der Waals surface area contributed by atoms with E-state index < -0.39 is 0 Å². The van der Waals surface area contributed by atoms with Gasteiger partial charge < -0.3 is 15.3 Å². The fourth-order valence-corrected chi connectivity index (χ4v) is 1.51. The zero-order chi connectivity index (χ0) is 9.68. The van der Waals surface area contributed by atoms with E-state index >= 15 is 0 Å². The molecule has 1 unspecified atom stereocenters. The zero-order valence-electron chi connectivity index (χ0n) is 8.79. The van der Waals surface area contributed by atoms with E-state index in [2.05, 4.69) is 24.2 Å². The fourth-order valence-electron chi connectivity index (χ4n) is 1.51. The molecule has 0 aromatic heterocycles. The van der Waals surface area contributed by atoms with E-state index in [-0.39, 0.29) is 6.61 Å². The molecule has 1 aliphatic rings. The highest BCUT2D eigenvalue weighted by molar-refractivity contribution is 4.81. The highest BCUT2D eigenvalue weighted by Crippen LogP contribution is 2.18. The Bertz CT molecular complexity index is 137. The van der Waals surface area contributed by atoms with Crippen molar-refractivity contribution in [2.75, 3.05) is 33.3 Å². The smallest absolute Gasteiger partial charge is 0.0558 e. The van der Waals surface area contributed by atoms with Gasteiger partial charge in [-0.3, -0.25) is 0 Å². The second kappa shape index (κ2) is 5.58. The van der Waals surface area contributed by atoms with Crippen molar-refractivity contribution in [1.29, 1.82) is 0 Å². The van der Waals surface area contributed by atoms with Crippen LogP contribution in [0.15, 0.2) is 0 Å². The van der Waals surface area contributed by atoms with Crippen LogP contribution in [-0.4, -0.2) is 49.3 Å². The Hall–Kier alpha value is -0.120. The molecule has 0 saturated heterocycles. The first-order valence-corrected chi connectivity index (χ1v) is 5.25.